The molecule has 92 valence electrons. The highest BCUT2D eigenvalue weighted by atomic mass is 15.2. The minimum atomic E-state index is 0.605. The predicted molar refractivity (Wildman–Crippen MR) is 68.8 cm³/mol. The van der Waals surface area contributed by atoms with Crippen molar-refractivity contribution < 1.29 is 0 Å². The Labute approximate surface area is 103 Å². The zero-order valence-corrected chi connectivity index (χ0v) is 10.3. The van der Waals surface area contributed by atoms with Gasteiger partial charge in [-0.05, 0) is 50.4 Å². The van der Waals surface area contributed by atoms with Crippen LogP contribution in [-0.4, -0.2) is 35.6 Å². The molecule has 0 bridgehead atoms. The van der Waals surface area contributed by atoms with E-state index < -0.39 is 0 Å². The van der Waals surface area contributed by atoms with Gasteiger partial charge in [0.2, 0.25) is 0 Å². The number of piperidine rings is 1. The smallest absolute Gasteiger partial charge is 0.0367 e. The summed E-state index contributed by atoms with van der Waals surface area (Å²) in [5.74, 6) is 0. The second-order valence-electron chi connectivity index (χ2n) is 5.18. The van der Waals surface area contributed by atoms with E-state index in [2.05, 4.69) is 27.3 Å². The summed E-state index contributed by atoms with van der Waals surface area (Å²) in [5, 5.41) is 3.53. The summed E-state index contributed by atoms with van der Waals surface area (Å²) in [7, 11) is 0. The average Bonchev–Trinajstić information content (AvgIpc) is 2.90. The molecule has 0 radical (unpaired) electrons. The maximum atomic E-state index is 4.27. The zero-order valence-electron chi connectivity index (χ0n) is 10.3. The molecule has 3 rings (SSSR count). The summed E-state index contributed by atoms with van der Waals surface area (Å²) in [4.78, 5) is 6.96. The van der Waals surface area contributed by atoms with Gasteiger partial charge in [0.05, 0.1) is 0 Å². The van der Waals surface area contributed by atoms with E-state index in [4.69, 9.17) is 0 Å². The molecule has 0 amide bonds. The first-order chi connectivity index (χ1) is 8.45. The molecule has 2 aliphatic rings. The average molecular weight is 231 g/mol. The Morgan fingerprint density at radius 1 is 1.29 bits per heavy atom. The lowest BCUT2D eigenvalue weighted by Crippen LogP contribution is -2.45. The maximum Gasteiger partial charge on any atom is 0.0367 e. The second-order valence-corrected chi connectivity index (χ2v) is 5.18. The lowest BCUT2D eigenvalue weighted by Gasteiger charge is -2.35. The lowest BCUT2D eigenvalue weighted by molar-refractivity contribution is 0.152. The van der Waals surface area contributed by atoms with Crippen molar-refractivity contribution in [3.8, 4) is 0 Å². The Balaban J connectivity index is 1.75. The SMILES string of the molecule is c1cncc(C2CCCN2C2CCCNC2)c1. The Morgan fingerprint density at radius 3 is 3.06 bits per heavy atom. The molecule has 0 aliphatic carbocycles. The first-order valence-electron chi connectivity index (χ1n) is 6.81. The minimum Gasteiger partial charge on any atom is -0.315 e. The number of nitrogens with zero attached hydrogens (tertiary/aromatic N) is 2. The Bertz CT molecular complexity index is 346. The van der Waals surface area contributed by atoms with Crippen molar-refractivity contribution >= 4 is 0 Å². The van der Waals surface area contributed by atoms with Crippen LogP contribution in [0.3, 0.4) is 0 Å². The summed E-state index contributed by atoms with van der Waals surface area (Å²) < 4.78 is 0. The maximum absolute atomic E-state index is 4.27. The fourth-order valence-electron chi connectivity index (χ4n) is 3.27. The highest BCUT2D eigenvalue weighted by molar-refractivity contribution is 5.16. The van der Waals surface area contributed by atoms with E-state index in [0.717, 1.165) is 12.6 Å². The highest BCUT2D eigenvalue weighted by Crippen LogP contribution is 2.34. The molecule has 17 heavy (non-hydrogen) atoms. The van der Waals surface area contributed by atoms with Crippen LogP contribution in [0.15, 0.2) is 24.5 Å². The third kappa shape index (κ3) is 2.35. The van der Waals surface area contributed by atoms with Gasteiger partial charge in [-0.15, -0.1) is 0 Å². The van der Waals surface area contributed by atoms with Crippen molar-refractivity contribution in [3.05, 3.63) is 30.1 Å². The van der Waals surface area contributed by atoms with E-state index in [0.29, 0.717) is 6.04 Å². The predicted octanol–water partition coefficient (Wildman–Crippen LogP) is 1.97. The van der Waals surface area contributed by atoms with E-state index in [1.165, 1.54) is 44.3 Å². The highest BCUT2D eigenvalue weighted by Gasteiger charge is 2.32. The number of hydrogen-bond donors (Lipinski definition) is 1. The first kappa shape index (κ1) is 11.2. The molecular formula is C14H21N3. The van der Waals surface area contributed by atoms with E-state index >= 15 is 0 Å². The van der Waals surface area contributed by atoms with E-state index in [1.54, 1.807) is 0 Å². The van der Waals surface area contributed by atoms with E-state index in [9.17, 15) is 0 Å². The molecule has 2 aliphatic heterocycles. The summed E-state index contributed by atoms with van der Waals surface area (Å²) in [5.41, 5.74) is 1.40. The standard InChI is InChI=1S/C14H21N3/c1-4-12(10-15-7-1)14-6-3-9-17(14)13-5-2-8-16-11-13/h1,4,7,10,13-14,16H,2-3,5-6,8-9,11H2. The van der Waals surface area contributed by atoms with Gasteiger partial charge in [-0.3, -0.25) is 9.88 Å². The van der Waals surface area contributed by atoms with Crippen LogP contribution in [0.4, 0.5) is 0 Å². The van der Waals surface area contributed by atoms with Crippen LogP contribution < -0.4 is 5.32 Å². The molecule has 2 saturated heterocycles. The molecule has 3 nitrogen and oxygen atoms in total. The van der Waals surface area contributed by atoms with Gasteiger partial charge in [0.25, 0.3) is 0 Å². The molecule has 2 unspecified atom stereocenters. The molecule has 0 spiro atoms. The molecular weight excluding hydrogens is 210 g/mol. The molecule has 1 aromatic heterocycles. The molecule has 0 aromatic carbocycles. The second kappa shape index (κ2) is 5.15. The van der Waals surface area contributed by atoms with Gasteiger partial charge in [-0.2, -0.15) is 0 Å². The monoisotopic (exact) mass is 231 g/mol. The van der Waals surface area contributed by atoms with Crippen LogP contribution in [0.1, 0.15) is 37.3 Å². The Morgan fingerprint density at radius 2 is 2.29 bits per heavy atom. The van der Waals surface area contributed by atoms with Crippen LogP contribution in [0.25, 0.3) is 0 Å². The largest absolute Gasteiger partial charge is 0.315 e. The van der Waals surface area contributed by atoms with Crippen LogP contribution in [-0.2, 0) is 0 Å². The summed E-state index contributed by atoms with van der Waals surface area (Å²) in [6, 6.07) is 5.63. The molecule has 2 atom stereocenters. The first-order valence-corrected chi connectivity index (χ1v) is 6.81. The number of pyridine rings is 1. The van der Waals surface area contributed by atoms with Crippen LogP contribution in [0, 0.1) is 0 Å². The van der Waals surface area contributed by atoms with Crippen LogP contribution >= 0.6 is 0 Å². The molecule has 3 heterocycles. The molecule has 0 saturated carbocycles. The van der Waals surface area contributed by atoms with Crippen molar-refractivity contribution in [3.63, 3.8) is 0 Å². The topological polar surface area (TPSA) is 28.2 Å². The quantitative estimate of drug-likeness (QED) is 0.843. The van der Waals surface area contributed by atoms with Crippen molar-refractivity contribution in [2.75, 3.05) is 19.6 Å². The number of aromatic nitrogens is 1. The van der Waals surface area contributed by atoms with Crippen LogP contribution in [0.2, 0.25) is 0 Å². The van der Waals surface area contributed by atoms with Crippen molar-refractivity contribution in [1.82, 2.24) is 15.2 Å². The summed E-state index contributed by atoms with van der Waals surface area (Å²) >= 11 is 0. The van der Waals surface area contributed by atoms with Gasteiger partial charge in [-0.25, -0.2) is 0 Å². The lowest BCUT2D eigenvalue weighted by atomic mass is 10.0. The fraction of sp³-hybridized carbons (Fsp3) is 0.643. The normalized spacial score (nSPS) is 30.6. The van der Waals surface area contributed by atoms with Gasteiger partial charge in [0, 0.05) is 31.0 Å². The van der Waals surface area contributed by atoms with E-state index in [-0.39, 0.29) is 0 Å². The fourth-order valence-corrected chi connectivity index (χ4v) is 3.27. The van der Waals surface area contributed by atoms with Crippen molar-refractivity contribution in [2.45, 2.75) is 37.8 Å². The summed E-state index contributed by atoms with van der Waals surface area (Å²) in [6.45, 7) is 3.62. The van der Waals surface area contributed by atoms with E-state index in [1.807, 2.05) is 12.4 Å². The molecule has 2 fully saturated rings. The number of likely N-dealkylation sites (tertiary alicyclic amines) is 1. The molecule has 1 N–H and O–H groups in total. The zero-order chi connectivity index (χ0) is 11.5. The summed E-state index contributed by atoms with van der Waals surface area (Å²) in [6.07, 6.45) is 9.20. The molecule has 3 heteroatoms. The van der Waals surface area contributed by atoms with Gasteiger partial charge < -0.3 is 5.32 Å². The van der Waals surface area contributed by atoms with Crippen molar-refractivity contribution in [1.29, 1.82) is 0 Å². The van der Waals surface area contributed by atoms with Gasteiger partial charge in [0.15, 0.2) is 0 Å². The Hall–Kier alpha value is -0.930. The van der Waals surface area contributed by atoms with Crippen molar-refractivity contribution in [2.24, 2.45) is 0 Å². The van der Waals surface area contributed by atoms with Gasteiger partial charge in [0.1, 0.15) is 0 Å². The third-order valence-electron chi connectivity index (χ3n) is 4.10. The van der Waals surface area contributed by atoms with Gasteiger partial charge >= 0.3 is 0 Å². The minimum absolute atomic E-state index is 0.605. The number of rotatable bonds is 2. The Kier molecular flexibility index (Phi) is 3.39. The number of nitrogens with one attached hydrogen (secondary N) is 1. The van der Waals surface area contributed by atoms with Crippen LogP contribution in [0.5, 0.6) is 0 Å². The molecule has 1 aromatic rings. The third-order valence-corrected chi connectivity index (χ3v) is 4.10. The number of hydrogen-bond acceptors (Lipinski definition) is 3. The van der Waals surface area contributed by atoms with Gasteiger partial charge in [-0.1, -0.05) is 6.07 Å².